The first-order valence-electron chi connectivity index (χ1n) is 20.6. The van der Waals surface area contributed by atoms with Crippen LogP contribution < -0.4 is 17.1 Å². The topological polar surface area (TPSA) is 116 Å². The Bertz CT molecular complexity index is 1410. The minimum absolute atomic E-state index is 0. The Morgan fingerprint density at radius 3 is 1.08 bits per heavy atom. The van der Waals surface area contributed by atoms with Crippen LogP contribution in [0.15, 0.2) is 14.4 Å². The van der Waals surface area contributed by atoms with Crippen molar-refractivity contribution in [3.8, 4) is 0 Å². The molecule has 1 aromatic rings. The third kappa shape index (κ3) is 21.7. The molecule has 0 aromatic carbocycles. The Balaban J connectivity index is 0. The van der Waals surface area contributed by atoms with Crippen molar-refractivity contribution in [1.82, 2.24) is 13.7 Å². The highest BCUT2D eigenvalue weighted by Gasteiger charge is 2.75. The minimum atomic E-state index is -6.83. The van der Waals surface area contributed by atoms with Gasteiger partial charge in [0.05, 0.1) is 0 Å². The summed E-state index contributed by atoms with van der Waals surface area (Å²) in [6, 6.07) is 0. The second-order valence-corrected chi connectivity index (χ2v) is 17.2. The summed E-state index contributed by atoms with van der Waals surface area (Å²) in [4.78, 5) is 39.7. The largest absolute Gasteiger partial charge is 0.430 e. The van der Waals surface area contributed by atoms with E-state index in [1.807, 2.05) is 0 Å². The van der Waals surface area contributed by atoms with Gasteiger partial charge in [-0.15, -0.1) is 0 Å². The Kier molecular flexibility index (Phi) is 31.4. The summed E-state index contributed by atoms with van der Waals surface area (Å²) in [6.45, 7) is -3.96. The van der Waals surface area contributed by atoms with E-state index in [-0.39, 0.29) is 40.9 Å². The molecule has 9 nitrogen and oxygen atoms in total. The molecule has 0 aliphatic heterocycles. The van der Waals surface area contributed by atoms with E-state index in [1.165, 1.54) is 23.5 Å². The van der Waals surface area contributed by atoms with Crippen molar-refractivity contribution >= 4 is 23.5 Å². The van der Waals surface area contributed by atoms with Crippen molar-refractivity contribution in [1.29, 1.82) is 0 Å². The molecule has 21 heteroatoms. The summed E-state index contributed by atoms with van der Waals surface area (Å²) >= 11 is 2.96. The molecule has 0 atom stereocenters. The average molecular weight is 944 g/mol. The third-order valence-corrected chi connectivity index (χ3v) is 11.9. The van der Waals surface area contributed by atoms with Crippen molar-refractivity contribution in [2.45, 2.75) is 200 Å². The van der Waals surface area contributed by atoms with Crippen LogP contribution in [0.2, 0.25) is 0 Å². The normalized spacial score (nSPS) is 12.7. The number of halogens is 10. The third-order valence-electron chi connectivity index (χ3n) is 9.58. The van der Waals surface area contributed by atoms with E-state index < -0.39 is 78.2 Å². The highest BCUT2D eigenvalue weighted by Crippen LogP contribution is 2.50. The van der Waals surface area contributed by atoms with Crippen LogP contribution in [0, 0.1) is 0 Å². The maximum absolute atomic E-state index is 14.9. The number of hydrogen-bond donors (Lipinski definition) is 2. The number of unbranched alkanes of at least 4 members (excludes halogenated alkanes) is 16. The van der Waals surface area contributed by atoms with E-state index in [0.29, 0.717) is 20.6 Å². The smallest absolute Gasteiger partial charge is 0.396 e. The number of hydrogen-bond acceptors (Lipinski definition) is 8. The molecule has 0 aliphatic rings. The predicted molar refractivity (Wildman–Crippen MR) is 225 cm³/mol. The number of thioether (sulfide) groups is 2. The molecule has 0 radical (unpaired) electrons. The van der Waals surface area contributed by atoms with Gasteiger partial charge in [-0.1, -0.05) is 105 Å². The zero-order valence-corrected chi connectivity index (χ0v) is 35.6. The molecule has 0 saturated carbocycles. The highest BCUT2D eigenvalue weighted by atomic mass is 32.2. The van der Waals surface area contributed by atoms with Gasteiger partial charge < -0.3 is 10.2 Å². The maximum Gasteiger partial charge on any atom is 0.430 e. The second kappa shape index (κ2) is 31.2. The monoisotopic (exact) mass is 943 g/mol. The van der Waals surface area contributed by atoms with Crippen LogP contribution in [0.4, 0.5) is 43.9 Å². The van der Waals surface area contributed by atoms with Crippen molar-refractivity contribution < 1.29 is 58.9 Å². The summed E-state index contributed by atoms with van der Waals surface area (Å²) in [5, 5.41) is 17.6. The lowest BCUT2D eigenvalue weighted by Crippen LogP contribution is -2.61. The molecule has 0 amide bonds. The molecule has 0 bridgehead atoms. The van der Waals surface area contributed by atoms with Crippen LogP contribution in [-0.4, -0.2) is 90.1 Å². The van der Waals surface area contributed by atoms with Crippen molar-refractivity contribution in [2.24, 2.45) is 0 Å². The Morgan fingerprint density at radius 1 is 0.459 bits per heavy atom. The molecule has 0 fully saturated rings. The SMILES string of the molecule is C.C.CC(F)(F)C(F)(F)C(F)(F)OC(F)(F)C(F)(F)Cn1c(=O)n(CCCSCCCCCCCCCCCO)c(=O)n(CCCSCCCCCCCCCCCO)c1=O. The molecule has 0 spiro atoms. The van der Waals surface area contributed by atoms with E-state index in [4.69, 9.17) is 10.2 Å². The lowest BCUT2D eigenvalue weighted by Gasteiger charge is -2.34. The van der Waals surface area contributed by atoms with Gasteiger partial charge in [-0.05, 0) is 61.5 Å². The summed E-state index contributed by atoms with van der Waals surface area (Å²) < 4.78 is 143. The Hall–Kier alpha value is -1.71. The van der Waals surface area contributed by atoms with E-state index in [2.05, 4.69) is 4.74 Å². The molecule has 1 heterocycles. The van der Waals surface area contributed by atoms with E-state index >= 15 is 0 Å². The molecule has 0 aliphatic carbocycles. The van der Waals surface area contributed by atoms with Crippen LogP contribution in [0.1, 0.15) is 150 Å². The minimum Gasteiger partial charge on any atom is -0.396 e. The zero-order chi connectivity index (χ0) is 44.6. The lowest BCUT2D eigenvalue weighted by atomic mass is 10.1. The van der Waals surface area contributed by atoms with Gasteiger partial charge in [-0.3, -0.25) is 0 Å². The van der Waals surface area contributed by atoms with Gasteiger partial charge in [0.1, 0.15) is 6.54 Å². The first-order valence-corrected chi connectivity index (χ1v) is 22.9. The fraction of sp³-hybridized carbons (Fsp3) is 0.925. The Labute approximate surface area is 362 Å². The first kappa shape index (κ1) is 61.4. The quantitative estimate of drug-likeness (QED) is 0.0501. The van der Waals surface area contributed by atoms with Gasteiger partial charge >= 0.3 is 47.1 Å². The lowest BCUT2D eigenvalue weighted by molar-refractivity contribution is -0.485. The van der Waals surface area contributed by atoms with Gasteiger partial charge in [0.25, 0.3) is 0 Å². The molecule has 0 saturated heterocycles. The number of aromatic nitrogens is 3. The zero-order valence-electron chi connectivity index (χ0n) is 34.0. The molecule has 1 aromatic heterocycles. The van der Waals surface area contributed by atoms with Gasteiger partial charge in [-0.2, -0.15) is 67.4 Å². The molecule has 2 N–H and O–H groups in total. The number of aliphatic hydroxyl groups is 2. The fourth-order valence-corrected chi connectivity index (χ4v) is 7.90. The summed E-state index contributed by atoms with van der Waals surface area (Å²) in [6.07, 6.45) is 4.78. The van der Waals surface area contributed by atoms with Gasteiger partial charge in [0.15, 0.2) is 0 Å². The van der Waals surface area contributed by atoms with Gasteiger partial charge in [0, 0.05) is 33.2 Å². The van der Waals surface area contributed by atoms with Crippen LogP contribution in [0.5, 0.6) is 0 Å². The van der Waals surface area contributed by atoms with Crippen LogP contribution >= 0.6 is 23.5 Å². The van der Waals surface area contributed by atoms with Crippen LogP contribution in [-0.2, 0) is 24.4 Å². The number of aliphatic hydroxyl groups excluding tert-OH is 2. The number of nitrogens with zero attached hydrogens (tertiary/aromatic N) is 3. The second-order valence-electron chi connectivity index (χ2n) is 14.8. The van der Waals surface area contributed by atoms with Crippen molar-refractivity contribution in [3.05, 3.63) is 31.5 Å². The number of ether oxygens (including phenoxy) is 1. The number of rotatable bonds is 37. The molecule has 0 unspecified atom stereocenters. The highest BCUT2D eigenvalue weighted by molar-refractivity contribution is 7.99. The fourth-order valence-electron chi connectivity index (χ4n) is 6.01. The molecule has 364 valence electrons. The molecular formula is C40H71F10N3O6S2. The van der Waals surface area contributed by atoms with Crippen LogP contribution in [0.25, 0.3) is 0 Å². The standard InChI is InChI=1S/C38H63F10N3O6S2.2CH4/c1-34(39,40)36(43,44)38(47,48)57-37(45,46)35(41,42)30-51-32(55)49(22-20-28-58-26-18-14-10-6-2-4-8-12-16-24-52)31(54)50(33(51)56)23-21-29-59-27-19-15-11-7-3-5-9-13-17-25-53;;/h52-53H,2-30H2,1H3;2*1H4. The van der Waals surface area contributed by atoms with Gasteiger partial charge in [0.2, 0.25) is 0 Å². The molecular weight excluding hydrogens is 873 g/mol. The van der Waals surface area contributed by atoms with Crippen molar-refractivity contribution in [2.75, 3.05) is 36.2 Å². The van der Waals surface area contributed by atoms with E-state index in [9.17, 15) is 58.3 Å². The van der Waals surface area contributed by atoms with E-state index in [1.54, 1.807) is 0 Å². The Morgan fingerprint density at radius 2 is 0.754 bits per heavy atom. The van der Waals surface area contributed by atoms with Crippen molar-refractivity contribution in [3.63, 3.8) is 0 Å². The van der Waals surface area contributed by atoms with E-state index in [0.717, 1.165) is 127 Å². The average Bonchev–Trinajstić information content (AvgIpc) is 3.15. The van der Waals surface area contributed by atoms with Crippen LogP contribution in [0.3, 0.4) is 0 Å². The summed E-state index contributed by atoms with van der Waals surface area (Å²) in [5.74, 6) is -16.2. The first-order chi connectivity index (χ1) is 27.7. The molecule has 61 heavy (non-hydrogen) atoms. The predicted octanol–water partition coefficient (Wildman–Crippen LogP) is 10.8. The summed E-state index contributed by atoms with van der Waals surface area (Å²) in [5.41, 5.74) is -4.80. The number of alkyl halides is 10. The van der Waals surface area contributed by atoms with Gasteiger partial charge in [-0.25, -0.2) is 32.8 Å². The summed E-state index contributed by atoms with van der Waals surface area (Å²) in [7, 11) is 0. The molecule has 1 rings (SSSR count). The maximum atomic E-state index is 14.9.